The highest BCUT2D eigenvalue weighted by atomic mass is 16.1. The molecular weight excluding hydrogens is 248 g/mol. The molecule has 2 aromatic carbocycles. The Hall–Kier alpha value is -2.55. The molecule has 2 N–H and O–H groups in total. The molecule has 3 nitrogen and oxygen atoms in total. The SMILES string of the molecule is Cc1ccc2cc(C(=O)NCc3ccccc3)[nH]c2c1. The highest BCUT2D eigenvalue weighted by molar-refractivity contribution is 5.98. The van der Waals surface area contributed by atoms with Gasteiger partial charge >= 0.3 is 0 Å². The Morgan fingerprint density at radius 3 is 2.70 bits per heavy atom. The van der Waals surface area contributed by atoms with Crippen molar-refractivity contribution in [1.82, 2.24) is 10.3 Å². The summed E-state index contributed by atoms with van der Waals surface area (Å²) in [7, 11) is 0. The summed E-state index contributed by atoms with van der Waals surface area (Å²) in [6, 6.07) is 17.9. The normalized spacial score (nSPS) is 10.7. The molecule has 0 spiro atoms. The van der Waals surface area contributed by atoms with Crippen molar-refractivity contribution in [2.75, 3.05) is 0 Å². The van der Waals surface area contributed by atoms with E-state index in [1.54, 1.807) is 0 Å². The van der Waals surface area contributed by atoms with Crippen molar-refractivity contribution in [3.63, 3.8) is 0 Å². The Bertz CT molecular complexity index is 744. The largest absolute Gasteiger partial charge is 0.351 e. The zero-order valence-corrected chi connectivity index (χ0v) is 11.3. The van der Waals surface area contributed by atoms with Crippen LogP contribution in [0.2, 0.25) is 0 Å². The summed E-state index contributed by atoms with van der Waals surface area (Å²) in [6.07, 6.45) is 0. The number of aromatic amines is 1. The van der Waals surface area contributed by atoms with Crippen LogP contribution >= 0.6 is 0 Å². The summed E-state index contributed by atoms with van der Waals surface area (Å²) in [6.45, 7) is 2.57. The van der Waals surface area contributed by atoms with Gasteiger partial charge in [0.25, 0.3) is 5.91 Å². The quantitative estimate of drug-likeness (QED) is 0.748. The number of nitrogens with one attached hydrogen (secondary N) is 2. The molecule has 0 saturated carbocycles. The number of benzene rings is 2. The lowest BCUT2D eigenvalue weighted by molar-refractivity contribution is 0.0947. The molecule has 0 aliphatic heterocycles. The summed E-state index contributed by atoms with van der Waals surface area (Å²) in [4.78, 5) is 15.3. The van der Waals surface area contributed by atoms with Crippen molar-refractivity contribution in [2.24, 2.45) is 0 Å². The predicted molar refractivity (Wildman–Crippen MR) is 80.6 cm³/mol. The van der Waals surface area contributed by atoms with E-state index in [4.69, 9.17) is 0 Å². The first-order valence-electron chi connectivity index (χ1n) is 6.64. The molecule has 0 unspecified atom stereocenters. The Balaban J connectivity index is 1.75. The molecule has 3 aromatic rings. The van der Waals surface area contributed by atoms with Crippen molar-refractivity contribution in [3.8, 4) is 0 Å². The average molecular weight is 264 g/mol. The molecule has 0 fully saturated rings. The molecule has 0 aliphatic rings. The summed E-state index contributed by atoms with van der Waals surface area (Å²) in [5, 5.41) is 3.98. The van der Waals surface area contributed by atoms with Gasteiger partial charge in [-0.25, -0.2) is 0 Å². The van der Waals surface area contributed by atoms with Gasteiger partial charge in [0.1, 0.15) is 5.69 Å². The number of carbonyl (C=O) groups excluding carboxylic acids is 1. The molecule has 1 aromatic heterocycles. The first kappa shape index (κ1) is 12.5. The summed E-state index contributed by atoms with van der Waals surface area (Å²) < 4.78 is 0. The molecule has 100 valence electrons. The van der Waals surface area contributed by atoms with Crippen LogP contribution < -0.4 is 5.32 Å². The molecule has 0 atom stereocenters. The van der Waals surface area contributed by atoms with Gasteiger partial charge in [-0.05, 0) is 30.2 Å². The molecule has 3 heteroatoms. The third kappa shape index (κ3) is 2.57. The minimum atomic E-state index is -0.0808. The lowest BCUT2D eigenvalue weighted by Gasteiger charge is -2.03. The minimum Gasteiger partial charge on any atom is -0.351 e. The molecule has 1 heterocycles. The van der Waals surface area contributed by atoms with Crippen LogP contribution in [-0.2, 0) is 6.54 Å². The van der Waals surface area contributed by atoms with E-state index >= 15 is 0 Å². The fraction of sp³-hybridized carbons (Fsp3) is 0.118. The van der Waals surface area contributed by atoms with Crippen molar-refractivity contribution < 1.29 is 4.79 Å². The van der Waals surface area contributed by atoms with Gasteiger partial charge < -0.3 is 10.3 Å². The second-order valence-electron chi connectivity index (χ2n) is 4.94. The van der Waals surface area contributed by atoms with E-state index in [9.17, 15) is 4.79 Å². The van der Waals surface area contributed by atoms with Gasteiger partial charge in [0.05, 0.1) is 0 Å². The lowest BCUT2D eigenvalue weighted by atomic mass is 10.2. The first-order chi connectivity index (χ1) is 9.72. The maximum absolute atomic E-state index is 12.1. The Morgan fingerprint density at radius 2 is 1.90 bits per heavy atom. The zero-order chi connectivity index (χ0) is 13.9. The number of aryl methyl sites for hydroxylation is 1. The molecule has 3 rings (SSSR count). The summed E-state index contributed by atoms with van der Waals surface area (Å²) in [5.41, 5.74) is 3.86. The van der Waals surface area contributed by atoms with Gasteiger partial charge in [-0.3, -0.25) is 4.79 Å². The molecular formula is C17H16N2O. The smallest absolute Gasteiger partial charge is 0.267 e. The number of hydrogen-bond acceptors (Lipinski definition) is 1. The van der Waals surface area contributed by atoms with Crippen molar-refractivity contribution >= 4 is 16.8 Å². The molecule has 20 heavy (non-hydrogen) atoms. The minimum absolute atomic E-state index is 0.0808. The summed E-state index contributed by atoms with van der Waals surface area (Å²) >= 11 is 0. The molecule has 1 amide bonds. The summed E-state index contributed by atoms with van der Waals surface area (Å²) in [5.74, 6) is -0.0808. The molecule has 0 saturated heterocycles. The molecule has 0 radical (unpaired) electrons. The third-order valence-electron chi connectivity index (χ3n) is 3.32. The van der Waals surface area contributed by atoms with Crippen LogP contribution in [-0.4, -0.2) is 10.9 Å². The average Bonchev–Trinajstić information content (AvgIpc) is 2.89. The van der Waals surface area contributed by atoms with Crippen LogP contribution in [0.25, 0.3) is 10.9 Å². The number of rotatable bonds is 3. The van der Waals surface area contributed by atoms with E-state index in [0.717, 1.165) is 16.5 Å². The highest BCUT2D eigenvalue weighted by Gasteiger charge is 2.09. The number of H-pyrrole nitrogens is 1. The van der Waals surface area contributed by atoms with Crippen LogP contribution in [0.5, 0.6) is 0 Å². The van der Waals surface area contributed by atoms with Gasteiger partial charge in [0.15, 0.2) is 0 Å². The highest BCUT2D eigenvalue weighted by Crippen LogP contribution is 2.16. The van der Waals surface area contributed by atoms with E-state index in [2.05, 4.69) is 10.3 Å². The van der Waals surface area contributed by atoms with E-state index in [0.29, 0.717) is 12.2 Å². The maximum atomic E-state index is 12.1. The Kier molecular flexibility index (Phi) is 3.25. The second kappa shape index (κ2) is 5.21. The van der Waals surface area contributed by atoms with E-state index in [1.165, 1.54) is 5.56 Å². The van der Waals surface area contributed by atoms with Gasteiger partial charge in [-0.15, -0.1) is 0 Å². The second-order valence-corrected chi connectivity index (χ2v) is 4.94. The number of hydrogen-bond donors (Lipinski definition) is 2. The monoisotopic (exact) mass is 264 g/mol. The standard InChI is InChI=1S/C17H16N2O/c1-12-7-8-14-10-16(19-15(14)9-12)17(20)18-11-13-5-3-2-4-6-13/h2-10,19H,11H2,1H3,(H,18,20). The number of amides is 1. The van der Waals surface area contributed by atoms with Crippen LogP contribution in [0.15, 0.2) is 54.6 Å². The van der Waals surface area contributed by atoms with Crippen LogP contribution in [0.3, 0.4) is 0 Å². The van der Waals surface area contributed by atoms with Crippen LogP contribution in [0.4, 0.5) is 0 Å². The zero-order valence-electron chi connectivity index (χ0n) is 11.3. The fourth-order valence-electron chi connectivity index (χ4n) is 2.24. The Labute approximate surface area is 117 Å². The molecule has 0 bridgehead atoms. The van der Waals surface area contributed by atoms with Crippen molar-refractivity contribution in [1.29, 1.82) is 0 Å². The van der Waals surface area contributed by atoms with E-state index in [-0.39, 0.29) is 5.91 Å². The number of carbonyl (C=O) groups is 1. The Morgan fingerprint density at radius 1 is 1.10 bits per heavy atom. The maximum Gasteiger partial charge on any atom is 0.267 e. The van der Waals surface area contributed by atoms with Gasteiger partial charge in [-0.2, -0.15) is 0 Å². The van der Waals surface area contributed by atoms with Gasteiger partial charge in [-0.1, -0.05) is 42.5 Å². The number of aromatic nitrogens is 1. The predicted octanol–water partition coefficient (Wildman–Crippen LogP) is 3.41. The fourth-order valence-corrected chi connectivity index (χ4v) is 2.24. The number of fused-ring (bicyclic) bond motifs is 1. The molecule has 0 aliphatic carbocycles. The van der Waals surface area contributed by atoms with Crippen LogP contribution in [0.1, 0.15) is 21.6 Å². The lowest BCUT2D eigenvalue weighted by Crippen LogP contribution is -2.22. The van der Waals surface area contributed by atoms with Gasteiger partial charge in [0.2, 0.25) is 0 Å². The topological polar surface area (TPSA) is 44.9 Å². The van der Waals surface area contributed by atoms with Crippen LogP contribution in [0, 0.1) is 6.92 Å². The van der Waals surface area contributed by atoms with Crippen molar-refractivity contribution in [3.05, 3.63) is 71.4 Å². The van der Waals surface area contributed by atoms with E-state index in [1.807, 2.05) is 61.5 Å². The first-order valence-corrected chi connectivity index (χ1v) is 6.64. The third-order valence-corrected chi connectivity index (χ3v) is 3.32. The van der Waals surface area contributed by atoms with E-state index < -0.39 is 0 Å². The van der Waals surface area contributed by atoms with Gasteiger partial charge in [0, 0.05) is 17.4 Å². The van der Waals surface area contributed by atoms with Crippen molar-refractivity contribution in [2.45, 2.75) is 13.5 Å².